The van der Waals surface area contributed by atoms with E-state index in [0.29, 0.717) is 0 Å². The Balaban J connectivity index is 1.96. The average Bonchev–Trinajstić information content (AvgIpc) is 2.86. The van der Waals surface area contributed by atoms with Crippen LogP contribution in [0.3, 0.4) is 0 Å². The van der Waals surface area contributed by atoms with Crippen molar-refractivity contribution in [1.29, 1.82) is 0 Å². The summed E-state index contributed by atoms with van der Waals surface area (Å²) in [6.45, 7) is 1.99. The maximum atomic E-state index is 11.6. The molecule has 6 heteroatoms. The number of carbonyl (C=O) groups is 1. The third kappa shape index (κ3) is 2.37. The van der Waals surface area contributed by atoms with Crippen LogP contribution in [0, 0.1) is 0 Å². The van der Waals surface area contributed by atoms with Gasteiger partial charge in [-0.3, -0.25) is 9.59 Å². The Morgan fingerprint density at radius 3 is 2.56 bits per heavy atom. The smallest absolute Gasteiger partial charge is 0.319 e. The van der Waals surface area contributed by atoms with Gasteiger partial charge in [-0.05, 0) is 19.8 Å². The molecule has 0 radical (unpaired) electrons. The SMILES string of the molecule is CCOc1c(NC(=O)NC2CCCC2)c(=O)c1=O. The molecule has 0 saturated heterocycles. The molecular formula is C12H16N2O4. The maximum absolute atomic E-state index is 11.6. The summed E-state index contributed by atoms with van der Waals surface area (Å²) in [4.78, 5) is 34.1. The fraction of sp³-hybridized carbons (Fsp3) is 0.583. The Morgan fingerprint density at radius 2 is 1.94 bits per heavy atom. The molecule has 2 amide bonds. The van der Waals surface area contributed by atoms with Crippen LogP contribution in [0.15, 0.2) is 9.59 Å². The molecule has 1 aliphatic rings. The first-order chi connectivity index (χ1) is 8.63. The second kappa shape index (κ2) is 5.20. The number of urea groups is 1. The molecule has 0 unspecified atom stereocenters. The van der Waals surface area contributed by atoms with E-state index in [4.69, 9.17) is 4.74 Å². The largest absolute Gasteiger partial charge is 0.488 e. The monoisotopic (exact) mass is 252 g/mol. The van der Waals surface area contributed by atoms with Gasteiger partial charge in [0.15, 0.2) is 5.75 Å². The number of nitrogens with one attached hydrogen (secondary N) is 2. The molecular weight excluding hydrogens is 236 g/mol. The molecule has 18 heavy (non-hydrogen) atoms. The van der Waals surface area contributed by atoms with E-state index in [9.17, 15) is 14.4 Å². The van der Waals surface area contributed by atoms with Gasteiger partial charge in [0.25, 0.3) is 10.9 Å². The lowest BCUT2D eigenvalue weighted by molar-refractivity contribution is 0.248. The van der Waals surface area contributed by atoms with Crippen LogP contribution in [0.25, 0.3) is 0 Å². The molecule has 0 heterocycles. The van der Waals surface area contributed by atoms with Crippen molar-refractivity contribution >= 4 is 11.7 Å². The van der Waals surface area contributed by atoms with Gasteiger partial charge in [0.1, 0.15) is 5.69 Å². The van der Waals surface area contributed by atoms with Crippen molar-refractivity contribution in [2.24, 2.45) is 0 Å². The molecule has 0 spiro atoms. The van der Waals surface area contributed by atoms with Crippen molar-refractivity contribution in [1.82, 2.24) is 5.32 Å². The van der Waals surface area contributed by atoms with Crippen molar-refractivity contribution in [3.8, 4) is 5.75 Å². The molecule has 0 atom stereocenters. The molecule has 1 aromatic carbocycles. The highest BCUT2D eigenvalue weighted by atomic mass is 16.5. The fourth-order valence-electron chi connectivity index (χ4n) is 2.17. The minimum absolute atomic E-state index is 0.0302. The van der Waals surface area contributed by atoms with E-state index in [2.05, 4.69) is 10.6 Å². The Bertz CT molecular complexity index is 510. The third-order valence-corrected chi connectivity index (χ3v) is 3.08. The first-order valence-electron chi connectivity index (χ1n) is 6.17. The summed E-state index contributed by atoms with van der Waals surface area (Å²) >= 11 is 0. The van der Waals surface area contributed by atoms with E-state index in [1.165, 1.54) is 0 Å². The number of amides is 2. The van der Waals surface area contributed by atoms with Crippen molar-refractivity contribution in [2.45, 2.75) is 38.6 Å². The van der Waals surface area contributed by atoms with Gasteiger partial charge in [0.05, 0.1) is 6.61 Å². The highest BCUT2D eigenvalue weighted by Crippen LogP contribution is 2.19. The number of hydrogen-bond acceptors (Lipinski definition) is 4. The molecule has 2 N–H and O–H groups in total. The number of carbonyl (C=O) groups excluding carboxylic acids is 1. The summed E-state index contributed by atoms with van der Waals surface area (Å²) in [6, 6.07) is -0.290. The minimum Gasteiger partial charge on any atom is -0.488 e. The molecule has 1 saturated carbocycles. The zero-order valence-corrected chi connectivity index (χ0v) is 10.2. The molecule has 0 aliphatic heterocycles. The lowest BCUT2D eigenvalue weighted by Crippen LogP contribution is -2.42. The predicted molar refractivity (Wildman–Crippen MR) is 66.9 cm³/mol. The normalized spacial score (nSPS) is 15.8. The lowest BCUT2D eigenvalue weighted by atomic mass is 10.2. The van der Waals surface area contributed by atoms with Crippen LogP contribution in [-0.4, -0.2) is 18.7 Å². The molecule has 6 nitrogen and oxygen atoms in total. The highest BCUT2D eigenvalue weighted by molar-refractivity contribution is 5.92. The molecule has 1 fully saturated rings. The van der Waals surface area contributed by atoms with E-state index in [0.717, 1.165) is 25.7 Å². The predicted octanol–water partition coefficient (Wildman–Crippen LogP) is 0.745. The molecule has 0 bridgehead atoms. The van der Waals surface area contributed by atoms with E-state index < -0.39 is 16.9 Å². The number of rotatable bonds is 4. The lowest BCUT2D eigenvalue weighted by Gasteiger charge is -2.15. The Kier molecular flexibility index (Phi) is 3.64. The highest BCUT2D eigenvalue weighted by Gasteiger charge is 2.25. The van der Waals surface area contributed by atoms with Crippen molar-refractivity contribution in [3.05, 3.63) is 20.4 Å². The molecule has 1 aromatic rings. The van der Waals surface area contributed by atoms with Crippen LogP contribution in [0.4, 0.5) is 10.5 Å². The average molecular weight is 252 g/mol. The summed E-state index contributed by atoms with van der Waals surface area (Å²) in [6.07, 6.45) is 4.12. The van der Waals surface area contributed by atoms with Crippen molar-refractivity contribution in [2.75, 3.05) is 11.9 Å². The summed E-state index contributed by atoms with van der Waals surface area (Å²) in [7, 11) is 0. The summed E-state index contributed by atoms with van der Waals surface area (Å²) < 4.78 is 5.01. The van der Waals surface area contributed by atoms with Gasteiger partial charge in [0, 0.05) is 6.04 Å². The second-order valence-corrected chi connectivity index (χ2v) is 4.38. The first kappa shape index (κ1) is 12.6. The van der Waals surface area contributed by atoms with Gasteiger partial charge in [-0.25, -0.2) is 4.79 Å². The first-order valence-corrected chi connectivity index (χ1v) is 6.17. The van der Waals surface area contributed by atoms with Crippen LogP contribution >= 0.6 is 0 Å². The fourth-order valence-corrected chi connectivity index (χ4v) is 2.17. The number of hydrogen-bond donors (Lipinski definition) is 2. The Labute approximate surface area is 104 Å². The van der Waals surface area contributed by atoms with Crippen LogP contribution in [0.2, 0.25) is 0 Å². The zero-order chi connectivity index (χ0) is 13.1. The standard InChI is InChI=1S/C12H16N2O4/c1-2-18-11-8(9(15)10(11)16)14-12(17)13-7-5-3-4-6-7/h7H,2-6H2,1H3,(H2,13,14,17). The summed E-state index contributed by atoms with van der Waals surface area (Å²) in [5.41, 5.74) is -1.40. The van der Waals surface area contributed by atoms with Crippen molar-refractivity contribution in [3.63, 3.8) is 0 Å². The van der Waals surface area contributed by atoms with Crippen LogP contribution in [-0.2, 0) is 0 Å². The maximum Gasteiger partial charge on any atom is 0.319 e. The van der Waals surface area contributed by atoms with Gasteiger partial charge in [0.2, 0.25) is 0 Å². The molecule has 0 aromatic heterocycles. The van der Waals surface area contributed by atoms with E-state index in [1.807, 2.05) is 0 Å². The Morgan fingerprint density at radius 1 is 1.28 bits per heavy atom. The number of anilines is 1. The van der Waals surface area contributed by atoms with Gasteiger partial charge < -0.3 is 15.4 Å². The third-order valence-electron chi connectivity index (χ3n) is 3.08. The van der Waals surface area contributed by atoms with Gasteiger partial charge in [-0.1, -0.05) is 12.8 Å². The van der Waals surface area contributed by atoms with E-state index >= 15 is 0 Å². The summed E-state index contributed by atoms with van der Waals surface area (Å²) in [5.74, 6) is -0.0379. The van der Waals surface area contributed by atoms with Crippen molar-refractivity contribution < 1.29 is 9.53 Å². The van der Waals surface area contributed by atoms with Crippen LogP contribution in [0.1, 0.15) is 32.6 Å². The topological polar surface area (TPSA) is 84.5 Å². The molecule has 98 valence electrons. The van der Waals surface area contributed by atoms with Gasteiger partial charge in [-0.2, -0.15) is 0 Å². The van der Waals surface area contributed by atoms with Crippen LogP contribution in [0.5, 0.6) is 5.75 Å². The van der Waals surface area contributed by atoms with E-state index in [-0.39, 0.29) is 24.1 Å². The quantitative estimate of drug-likeness (QED) is 0.774. The zero-order valence-electron chi connectivity index (χ0n) is 10.2. The second-order valence-electron chi connectivity index (χ2n) is 4.38. The van der Waals surface area contributed by atoms with Gasteiger partial charge in [-0.15, -0.1) is 0 Å². The Hall–Kier alpha value is -1.85. The minimum atomic E-state index is -0.694. The number of ether oxygens (including phenoxy) is 1. The van der Waals surface area contributed by atoms with Crippen LogP contribution < -0.4 is 26.2 Å². The molecule has 1 aliphatic carbocycles. The van der Waals surface area contributed by atoms with Gasteiger partial charge >= 0.3 is 6.03 Å². The molecule has 2 rings (SSSR count). The summed E-state index contributed by atoms with van der Waals surface area (Å²) in [5, 5.41) is 5.17. The van der Waals surface area contributed by atoms with E-state index in [1.54, 1.807) is 6.92 Å².